The molecule has 0 radical (unpaired) electrons. The monoisotopic (exact) mass is 352 g/mol. The molecule has 0 aliphatic carbocycles. The second kappa shape index (κ2) is 5.99. The molecule has 26 heavy (non-hydrogen) atoms. The number of aromatic nitrogens is 5. The lowest BCUT2D eigenvalue weighted by Gasteiger charge is -2.17. The molecule has 0 aliphatic rings. The van der Waals surface area contributed by atoms with Gasteiger partial charge in [-0.2, -0.15) is 10.1 Å². The third-order valence-corrected chi connectivity index (χ3v) is 4.06. The first-order valence-corrected chi connectivity index (χ1v) is 8.28. The average Bonchev–Trinajstić information content (AvgIpc) is 3.24. The Bertz CT molecular complexity index is 1080. The summed E-state index contributed by atoms with van der Waals surface area (Å²) in [7, 11) is 1.58. The molecule has 2 N–H and O–H groups in total. The molecule has 0 bridgehead atoms. The first-order chi connectivity index (χ1) is 12.4. The number of hydrogen-bond donors (Lipinski definition) is 2. The minimum atomic E-state index is -0.867. The second-order valence-electron chi connectivity index (χ2n) is 6.75. The molecule has 4 rings (SSSR count). The maximum Gasteiger partial charge on any atom is 0.244 e. The summed E-state index contributed by atoms with van der Waals surface area (Å²) in [4.78, 5) is 4.44. The van der Waals surface area contributed by atoms with Crippen molar-refractivity contribution in [2.75, 3.05) is 19.0 Å². The van der Waals surface area contributed by atoms with Crippen LogP contribution in [0, 0.1) is 0 Å². The van der Waals surface area contributed by atoms with E-state index < -0.39 is 5.60 Å². The molecule has 0 atom stereocenters. The van der Waals surface area contributed by atoms with Crippen LogP contribution in [-0.2, 0) is 0 Å². The van der Waals surface area contributed by atoms with E-state index in [1.807, 2.05) is 35.1 Å². The Labute approximate surface area is 150 Å². The highest BCUT2D eigenvalue weighted by atomic mass is 16.5. The Morgan fingerprint density at radius 3 is 2.77 bits per heavy atom. The Hall–Kier alpha value is -3.13. The number of rotatable bonds is 5. The predicted molar refractivity (Wildman–Crippen MR) is 98.5 cm³/mol. The fraction of sp³-hybridized carbons (Fsp3) is 0.278. The van der Waals surface area contributed by atoms with Crippen molar-refractivity contribution in [3.05, 3.63) is 42.9 Å². The van der Waals surface area contributed by atoms with Crippen molar-refractivity contribution < 1.29 is 9.84 Å². The maximum absolute atomic E-state index is 9.88. The van der Waals surface area contributed by atoms with E-state index in [9.17, 15) is 5.11 Å². The normalized spacial score (nSPS) is 12.0. The van der Waals surface area contributed by atoms with E-state index in [4.69, 9.17) is 4.74 Å². The second-order valence-corrected chi connectivity index (χ2v) is 6.75. The first kappa shape index (κ1) is 16.3. The molecular weight excluding hydrogens is 332 g/mol. The molecule has 4 aromatic rings. The van der Waals surface area contributed by atoms with E-state index in [1.165, 1.54) is 0 Å². The molecule has 0 saturated heterocycles. The summed E-state index contributed by atoms with van der Waals surface area (Å²) in [5.74, 6) is 0.858. The molecule has 0 aromatic carbocycles. The number of ether oxygens (including phenoxy) is 1. The van der Waals surface area contributed by atoms with Crippen LogP contribution in [0.5, 0.6) is 5.88 Å². The number of methoxy groups -OCH3 is 1. The number of anilines is 1. The highest BCUT2D eigenvalue weighted by Crippen LogP contribution is 2.31. The summed E-state index contributed by atoms with van der Waals surface area (Å²) < 4.78 is 9.05. The van der Waals surface area contributed by atoms with Gasteiger partial charge in [-0.3, -0.25) is 0 Å². The largest absolute Gasteiger partial charge is 0.479 e. The molecule has 8 heteroatoms. The van der Waals surface area contributed by atoms with E-state index in [1.54, 1.807) is 31.7 Å². The predicted octanol–water partition coefficient (Wildman–Crippen LogP) is 2.24. The number of pyridine rings is 1. The molecule has 0 aliphatic heterocycles. The molecule has 0 spiro atoms. The molecule has 8 nitrogen and oxygen atoms in total. The summed E-state index contributed by atoms with van der Waals surface area (Å²) in [5.41, 5.74) is 2.92. The van der Waals surface area contributed by atoms with Crippen LogP contribution in [0.1, 0.15) is 13.8 Å². The van der Waals surface area contributed by atoms with Gasteiger partial charge in [0.2, 0.25) is 11.8 Å². The standard InChI is InChI=1S/C18H20N6O2/c1-18(2,25)11-19-17-21-16(26-3)15-14(6-9-24(15)22-17)12-5-8-23-13(10-12)4-7-20-23/h4-10,25H,11H2,1-3H3,(H,19,22). The minimum absolute atomic E-state index is 0.327. The van der Waals surface area contributed by atoms with Gasteiger partial charge in [-0.15, -0.1) is 5.10 Å². The number of nitrogens with one attached hydrogen (secondary N) is 1. The Kier molecular flexibility index (Phi) is 3.77. The van der Waals surface area contributed by atoms with E-state index >= 15 is 0 Å². The summed E-state index contributed by atoms with van der Waals surface area (Å²) in [6, 6.07) is 7.99. The van der Waals surface area contributed by atoms with Crippen molar-refractivity contribution in [1.29, 1.82) is 0 Å². The van der Waals surface area contributed by atoms with Crippen LogP contribution in [0.15, 0.2) is 42.9 Å². The number of nitrogens with zero attached hydrogens (tertiary/aromatic N) is 5. The summed E-state index contributed by atoms with van der Waals surface area (Å²) in [6.07, 6.45) is 5.55. The van der Waals surface area contributed by atoms with Crippen LogP contribution in [0.4, 0.5) is 5.95 Å². The average molecular weight is 352 g/mol. The van der Waals surface area contributed by atoms with E-state index in [-0.39, 0.29) is 0 Å². The van der Waals surface area contributed by atoms with Crippen LogP contribution in [0.3, 0.4) is 0 Å². The van der Waals surface area contributed by atoms with Gasteiger partial charge in [0.1, 0.15) is 5.52 Å². The van der Waals surface area contributed by atoms with E-state index in [0.717, 1.165) is 22.2 Å². The van der Waals surface area contributed by atoms with Crippen molar-refractivity contribution in [3.63, 3.8) is 0 Å². The zero-order chi connectivity index (χ0) is 18.3. The zero-order valence-corrected chi connectivity index (χ0v) is 14.8. The molecule has 0 amide bonds. The Morgan fingerprint density at radius 2 is 2.00 bits per heavy atom. The van der Waals surface area contributed by atoms with Gasteiger partial charge in [-0.25, -0.2) is 9.03 Å². The molecule has 0 fully saturated rings. The van der Waals surface area contributed by atoms with Gasteiger partial charge in [0.05, 0.1) is 18.2 Å². The van der Waals surface area contributed by atoms with Crippen molar-refractivity contribution in [3.8, 4) is 17.0 Å². The fourth-order valence-corrected chi connectivity index (χ4v) is 2.83. The van der Waals surface area contributed by atoms with Gasteiger partial charge in [0.25, 0.3) is 0 Å². The van der Waals surface area contributed by atoms with Crippen molar-refractivity contribution >= 4 is 17.0 Å². The zero-order valence-electron chi connectivity index (χ0n) is 14.8. The molecule has 4 aromatic heterocycles. The minimum Gasteiger partial charge on any atom is -0.479 e. The summed E-state index contributed by atoms with van der Waals surface area (Å²) >= 11 is 0. The summed E-state index contributed by atoms with van der Waals surface area (Å²) in [5, 5.41) is 21.6. The Morgan fingerprint density at radius 1 is 1.19 bits per heavy atom. The highest BCUT2D eigenvalue weighted by molar-refractivity contribution is 5.85. The van der Waals surface area contributed by atoms with Crippen LogP contribution >= 0.6 is 0 Å². The third kappa shape index (κ3) is 2.95. The van der Waals surface area contributed by atoms with E-state index in [0.29, 0.717) is 18.4 Å². The van der Waals surface area contributed by atoms with Gasteiger partial charge in [-0.05, 0) is 43.7 Å². The lowest BCUT2D eigenvalue weighted by Crippen LogP contribution is -2.30. The van der Waals surface area contributed by atoms with Crippen LogP contribution in [0.2, 0.25) is 0 Å². The molecular formula is C18H20N6O2. The number of hydrogen-bond acceptors (Lipinski definition) is 6. The third-order valence-electron chi connectivity index (χ3n) is 4.06. The smallest absolute Gasteiger partial charge is 0.244 e. The summed E-state index contributed by atoms with van der Waals surface area (Å²) in [6.45, 7) is 3.76. The maximum atomic E-state index is 9.88. The van der Waals surface area contributed by atoms with Crippen molar-refractivity contribution in [1.82, 2.24) is 24.2 Å². The van der Waals surface area contributed by atoms with Crippen LogP contribution < -0.4 is 10.1 Å². The quantitative estimate of drug-likeness (QED) is 0.573. The van der Waals surface area contributed by atoms with Gasteiger partial charge in [0, 0.05) is 30.7 Å². The van der Waals surface area contributed by atoms with Gasteiger partial charge >= 0.3 is 0 Å². The van der Waals surface area contributed by atoms with Gasteiger partial charge in [-0.1, -0.05) is 0 Å². The lowest BCUT2D eigenvalue weighted by molar-refractivity contribution is 0.0943. The molecule has 4 heterocycles. The Balaban J connectivity index is 1.79. The van der Waals surface area contributed by atoms with E-state index in [2.05, 4.69) is 26.6 Å². The topological polar surface area (TPSA) is 89.0 Å². The highest BCUT2D eigenvalue weighted by Gasteiger charge is 2.17. The van der Waals surface area contributed by atoms with Gasteiger partial charge < -0.3 is 15.2 Å². The van der Waals surface area contributed by atoms with Crippen molar-refractivity contribution in [2.24, 2.45) is 0 Å². The molecule has 0 unspecified atom stereocenters. The van der Waals surface area contributed by atoms with Gasteiger partial charge in [0.15, 0.2) is 0 Å². The SMILES string of the molecule is COc1nc(NCC(C)(C)O)nn2ccc(-c3ccn4nccc4c3)c12. The molecule has 0 saturated carbocycles. The molecule has 134 valence electrons. The van der Waals surface area contributed by atoms with Crippen molar-refractivity contribution in [2.45, 2.75) is 19.4 Å². The first-order valence-electron chi connectivity index (χ1n) is 8.28. The van der Waals surface area contributed by atoms with Crippen LogP contribution in [-0.4, -0.2) is 48.6 Å². The number of fused-ring (bicyclic) bond motifs is 2. The fourth-order valence-electron chi connectivity index (χ4n) is 2.83. The van der Waals surface area contributed by atoms with Crippen LogP contribution in [0.25, 0.3) is 22.2 Å². The number of aliphatic hydroxyl groups is 1. The lowest BCUT2D eigenvalue weighted by atomic mass is 10.1.